The summed E-state index contributed by atoms with van der Waals surface area (Å²) in [6.45, 7) is 0.314. The number of hydrogen-bond donors (Lipinski definition) is 1. The molecule has 0 atom stereocenters. The smallest absolute Gasteiger partial charge is 0.358 e. The molecule has 1 aliphatic rings. The lowest BCUT2D eigenvalue weighted by molar-refractivity contribution is 0.0684. The van der Waals surface area contributed by atoms with Gasteiger partial charge in [-0.1, -0.05) is 30.3 Å². The van der Waals surface area contributed by atoms with Crippen LogP contribution in [-0.2, 0) is 6.61 Å². The van der Waals surface area contributed by atoms with Crippen LogP contribution in [0.1, 0.15) is 40.5 Å². The average Bonchev–Trinajstić information content (AvgIpc) is 3.30. The van der Waals surface area contributed by atoms with E-state index in [1.807, 2.05) is 30.3 Å². The Labute approximate surface area is 116 Å². The van der Waals surface area contributed by atoms with E-state index >= 15 is 0 Å². The maximum atomic E-state index is 11.3. The molecule has 0 unspecified atom stereocenters. The van der Waals surface area contributed by atoms with Gasteiger partial charge in [0, 0.05) is 5.92 Å². The van der Waals surface area contributed by atoms with Crippen molar-refractivity contribution in [1.82, 2.24) is 9.97 Å². The fraction of sp³-hybridized carbons (Fsp3) is 0.267. The van der Waals surface area contributed by atoms with Crippen LogP contribution in [0.25, 0.3) is 0 Å². The van der Waals surface area contributed by atoms with E-state index in [4.69, 9.17) is 4.74 Å². The molecule has 1 fully saturated rings. The first-order chi connectivity index (χ1) is 9.75. The van der Waals surface area contributed by atoms with Crippen molar-refractivity contribution in [2.75, 3.05) is 0 Å². The number of hydrogen-bond acceptors (Lipinski definition) is 4. The topological polar surface area (TPSA) is 72.3 Å². The minimum atomic E-state index is -1.09. The number of carboxylic acids is 1. The molecule has 0 saturated heterocycles. The minimum absolute atomic E-state index is 0.0576. The number of benzene rings is 1. The number of carbonyl (C=O) groups is 1. The molecule has 1 N–H and O–H groups in total. The second kappa shape index (κ2) is 5.28. The van der Waals surface area contributed by atoms with E-state index in [-0.39, 0.29) is 5.69 Å². The molecule has 5 heteroatoms. The molecule has 0 amide bonds. The van der Waals surface area contributed by atoms with E-state index < -0.39 is 5.97 Å². The lowest BCUT2D eigenvalue weighted by atomic mass is 10.2. The third-order valence-electron chi connectivity index (χ3n) is 3.22. The fourth-order valence-corrected chi connectivity index (χ4v) is 2.06. The summed E-state index contributed by atoms with van der Waals surface area (Å²) in [5.41, 5.74) is 1.64. The molecule has 1 heterocycles. The Morgan fingerprint density at radius 3 is 2.65 bits per heavy atom. The number of carboxylic acid groups (broad SMARTS) is 1. The zero-order valence-electron chi connectivity index (χ0n) is 10.8. The van der Waals surface area contributed by atoms with Gasteiger partial charge in [-0.05, 0) is 18.4 Å². The Hall–Kier alpha value is -2.43. The van der Waals surface area contributed by atoms with Crippen molar-refractivity contribution in [2.24, 2.45) is 0 Å². The highest BCUT2D eigenvalue weighted by atomic mass is 16.5. The Morgan fingerprint density at radius 1 is 1.25 bits per heavy atom. The highest BCUT2D eigenvalue weighted by Crippen LogP contribution is 2.43. The molecule has 1 aromatic heterocycles. The molecule has 0 radical (unpaired) electrons. The molecule has 2 aromatic rings. The molecular formula is C15H14N2O3. The van der Waals surface area contributed by atoms with Crippen LogP contribution < -0.4 is 4.74 Å². The van der Waals surface area contributed by atoms with Crippen LogP contribution in [0, 0.1) is 0 Å². The van der Waals surface area contributed by atoms with Crippen LogP contribution in [0.15, 0.2) is 36.7 Å². The standard InChI is InChI=1S/C15H14N2O3/c18-15(19)13-14(12(11-6-7-11)16-9-17-13)20-8-10-4-2-1-3-5-10/h1-5,9,11H,6-8H2,(H,18,19). The SMILES string of the molecule is O=C(O)c1ncnc(C2CC2)c1OCc1ccccc1. The maximum absolute atomic E-state index is 11.3. The summed E-state index contributed by atoms with van der Waals surface area (Å²) in [4.78, 5) is 19.3. The van der Waals surface area contributed by atoms with Crippen LogP contribution in [0.2, 0.25) is 0 Å². The number of aromatic carboxylic acids is 1. The van der Waals surface area contributed by atoms with Gasteiger partial charge in [0.25, 0.3) is 0 Å². The van der Waals surface area contributed by atoms with Crippen molar-refractivity contribution in [3.05, 3.63) is 53.6 Å². The highest BCUT2D eigenvalue weighted by molar-refractivity contribution is 5.88. The fourth-order valence-electron chi connectivity index (χ4n) is 2.06. The van der Waals surface area contributed by atoms with E-state index in [0.717, 1.165) is 18.4 Å². The first kappa shape index (κ1) is 12.6. The third-order valence-corrected chi connectivity index (χ3v) is 3.22. The molecule has 1 aliphatic carbocycles. The van der Waals surface area contributed by atoms with Crippen LogP contribution in [-0.4, -0.2) is 21.0 Å². The predicted molar refractivity (Wildman–Crippen MR) is 71.7 cm³/mol. The summed E-state index contributed by atoms with van der Waals surface area (Å²) in [6, 6.07) is 9.62. The van der Waals surface area contributed by atoms with Gasteiger partial charge in [-0.3, -0.25) is 0 Å². The van der Waals surface area contributed by atoms with E-state index in [2.05, 4.69) is 9.97 Å². The zero-order valence-corrected chi connectivity index (χ0v) is 10.8. The van der Waals surface area contributed by atoms with E-state index in [9.17, 15) is 9.90 Å². The minimum Gasteiger partial charge on any atom is -0.484 e. The van der Waals surface area contributed by atoms with Crippen molar-refractivity contribution in [3.8, 4) is 5.75 Å². The van der Waals surface area contributed by atoms with Gasteiger partial charge in [-0.2, -0.15) is 0 Å². The van der Waals surface area contributed by atoms with Gasteiger partial charge in [0.2, 0.25) is 0 Å². The summed E-state index contributed by atoms with van der Waals surface area (Å²) < 4.78 is 5.71. The Morgan fingerprint density at radius 2 is 2.00 bits per heavy atom. The van der Waals surface area contributed by atoms with E-state index in [1.165, 1.54) is 6.33 Å². The predicted octanol–water partition coefficient (Wildman–Crippen LogP) is 2.63. The molecule has 0 aliphatic heterocycles. The summed E-state index contributed by atoms with van der Waals surface area (Å²) in [5.74, 6) is -0.467. The summed E-state index contributed by atoms with van der Waals surface area (Å²) in [6.07, 6.45) is 3.35. The van der Waals surface area contributed by atoms with Gasteiger partial charge in [-0.15, -0.1) is 0 Å². The van der Waals surface area contributed by atoms with Gasteiger partial charge in [-0.25, -0.2) is 14.8 Å². The van der Waals surface area contributed by atoms with Crippen LogP contribution in [0.4, 0.5) is 0 Å². The summed E-state index contributed by atoms with van der Waals surface area (Å²) >= 11 is 0. The molecule has 1 saturated carbocycles. The number of rotatable bonds is 5. The molecule has 0 bridgehead atoms. The Balaban J connectivity index is 1.88. The number of ether oxygens (including phenoxy) is 1. The quantitative estimate of drug-likeness (QED) is 0.904. The lowest BCUT2D eigenvalue weighted by Crippen LogP contribution is -2.09. The second-order valence-electron chi connectivity index (χ2n) is 4.79. The van der Waals surface area contributed by atoms with Crippen LogP contribution in [0.5, 0.6) is 5.75 Å². The highest BCUT2D eigenvalue weighted by Gasteiger charge is 2.31. The maximum Gasteiger partial charge on any atom is 0.358 e. The van der Waals surface area contributed by atoms with Gasteiger partial charge < -0.3 is 9.84 Å². The van der Waals surface area contributed by atoms with Gasteiger partial charge in [0.1, 0.15) is 12.9 Å². The lowest BCUT2D eigenvalue weighted by Gasteiger charge is -2.12. The molecule has 5 nitrogen and oxygen atoms in total. The summed E-state index contributed by atoms with van der Waals surface area (Å²) in [7, 11) is 0. The van der Waals surface area contributed by atoms with Gasteiger partial charge in [0.15, 0.2) is 11.4 Å². The number of nitrogens with zero attached hydrogens (tertiary/aromatic N) is 2. The molecular weight excluding hydrogens is 256 g/mol. The van der Waals surface area contributed by atoms with Crippen molar-refractivity contribution in [1.29, 1.82) is 0 Å². The van der Waals surface area contributed by atoms with E-state index in [1.54, 1.807) is 0 Å². The molecule has 3 rings (SSSR count). The monoisotopic (exact) mass is 270 g/mol. The molecule has 0 spiro atoms. The van der Waals surface area contributed by atoms with Crippen LogP contribution >= 0.6 is 0 Å². The van der Waals surface area contributed by atoms with Gasteiger partial charge >= 0.3 is 5.97 Å². The second-order valence-corrected chi connectivity index (χ2v) is 4.79. The normalized spacial score (nSPS) is 14.0. The summed E-state index contributed by atoms with van der Waals surface area (Å²) in [5, 5.41) is 9.22. The first-order valence-electron chi connectivity index (χ1n) is 6.50. The first-order valence-corrected chi connectivity index (χ1v) is 6.50. The van der Waals surface area contributed by atoms with Crippen molar-refractivity contribution < 1.29 is 14.6 Å². The van der Waals surface area contributed by atoms with Crippen LogP contribution in [0.3, 0.4) is 0 Å². The van der Waals surface area contributed by atoms with Gasteiger partial charge in [0.05, 0.1) is 5.69 Å². The molecule has 102 valence electrons. The Kier molecular flexibility index (Phi) is 3.33. The van der Waals surface area contributed by atoms with Crippen molar-refractivity contribution in [2.45, 2.75) is 25.4 Å². The van der Waals surface area contributed by atoms with E-state index in [0.29, 0.717) is 24.0 Å². The van der Waals surface area contributed by atoms with Crippen molar-refractivity contribution >= 4 is 5.97 Å². The third kappa shape index (κ3) is 2.61. The van der Waals surface area contributed by atoms with Crippen molar-refractivity contribution in [3.63, 3.8) is 0 Å². The largest absolute Gasteiger partial charge is 0.484 e. The number of aromatic nitrogens is 2. The molecule has 1 aromatic carbocycles. The zero-order chi connectivity index (χ0) is 13.9. The average molecular weight is 270 g/mol. The molecule has 20 heavy (non-hydrogen) atoms. The Bertz CT molecular complexity index is 624.